The molecule has 0 radical (unpaired) electrons. The van der Waals surface area contributed by atoms with E-state index in [1.807, 2.05) is 19.9 Å². The van der Waals surface area contributed by atoms with Gasteiger partial charge in [0.05, 0.1) is 11.2 Å². The average molecular weight is 364 g/mol. The van der Waals surface area contributed by atoms with Crippen LogP contribution in [0.15, 0.2) is 18.2 Å². The standard InChI is InChI=1S/C18H24N2O4S/c1-18(2)14-8-7-12(10-15(14)19-17(18)22)16(21)20-9-5-4-6-13(20)11-25(3,23)24/h7-8,10,13H,4-6,9,11H2,1-3H3,(H,19,22). The van der Waals surface area contributed by atoms with Crippen molar-refractivity contribution in [3.63, 3.8) is 0 Å². The quantitative estimate of drug-likeness (QED) is 0.889. The molecule has 0 spiro atoms. The van der Waals surface area contributed by atoms with Gasteiger partial charge in [0.15, 0.2) is 0 Å². The fourth-order valence-electron chi connectivity index (χ4n) is 3.68. The molecule has 1 fully saturated rings. The molecular formula is C18H24N2O4S. The van der Waals surface area contributed by atoms with E-state index in [0.29, 0.717) is 24.2 Å². The van der Waals surface area contributed by atoms with E-state index in [4.69, 9.17) is 0 Å². The number of likely N-dealkylation sites (tertiary alicyclic amines) is 1. The number of fused-ring (bicyclic) bond motifs is 1. The third kappa shape index (κ3) is 3.42. The van der Waals surface area contributed by atoms with Crippen molar-refractivity contribution >= 4 is 27.3 Å². The summed E-state index contributed by atoms with van der Waals surface area (Å²) in [6.45, 7) is 4.26. The minimum Gasteiger partial charge on any atom is -0.335 e. The smallest absolute Gasteiger partial charge is 0.254 e. The van der Waals surface area contributed by atoms with Crippen LogP contribution >= 0.6 is 0 Å². The number of carbonyl (C=O) groups excluding carboxylic acids is 2. The first-order chi connectivity index (χ1) is 11.6. The van der Waals surface area contributed by atoms with Crippen molar-refractivity contribution in [3.05, 3.63) is 29.3 Å². The van der Waals surface area contributed by atoms with Gasteiger partial charge in [-0.1, -0.05) is 6.07 Å². The molecule has 2 amide bonds. The largest absolute Gasteiger partial charge is 0.335 e. The van der Waals surface area contributed by atoms with Crippen LogP contribution in [0.4, 0.5) is 5.69 Å². The van der Waals surface area contributed by atoms with E-state index in [1.165, 1.54) is 6.26 Å². The maximum atomic E-state index is 13.0. The second kappa shape index (κ2) is 6.12. The van der Waals surface area contributed by atoms with Gasteiger partial charge in [-0.05, 0) is 50.8 Å². The lowest BCUT2D eigenvalue weighted by molar-refractivity contribution is -0.119. The zero-order chi connectivity index (χ0) is 18.4. The number of hydrogen-bond donors (Lipinski definition) is 1. The number of piperidine rings is 1. The molecule has 1 aromatic carbocycles. The Bertz CT molecular complexity index is 829. The molecule has 1 N–H and O–H groups in total. The van der Waals surface area contributed by atoms with Crippen LogP contribution in [0.5, 0.6) is 0 Å². The number of anilines is 1. The molecule has 0 aliphatic carbocycles. The van der Waals surface area contributed by atoms with Crippen LogP contribution < -0.4 is 5.32 Å². The van der Waals surface area contributed by atoms with Gasteiger partial charge in [-0.25, -0.2) is 8.42 Å². The zero-order valence-electron chi connectivity index (χ0n) is 14.8. The SMILES string of the molecule is CC1(C)C(=O)Nc2cc(C(=O)N3CCCCC3CS(C)(=O)=O)ccc21. The van der Waals surface area contributed by atoms with Crippen molar-refractivity contribution < 1.29 is 18.0 Å². The Morgan fingerprint density at radius 1 is 1.32 bits per heavy atom. The molecule has 1 unspecified atom stereocenters. The van der Waals surface area contributed by atoms with Crippen LogP contribution in [-0.2, 0) is 20.0 Å². The van der Waals surface area contributed by atoms with E-state index < -0.39 is 15.3 Å². The summed E-state index contributed by atoms with van der Waals surface area (Å²) in [5.41, 5.74) is 1.41. The molecular weight excluding hydrogens is 340 g/mol. The maximum absolute atomic E-state index is 13.0. The molecule has 2 aliphatic heterocycles. The predicted octanol–water partition coefficient (Wildman–Crippen LogP) is 1.96. The molecule has 6 nitrogen and oxygen atoms in total. The van der Waals surface area contributed by atoms with Crippen LogP contribution in [-0.4, -0.2) is 49.7 Å². The highest BCUT2D eigenvalue weighted by Gasteiger charge is 2.39. The average Bonchev–Trinajstić information content (AvgIpc) is 2.75. The highest BCUT2D eigenvalue weighted by atomic mass is 32.2. The van der Waals surface area contributed by atoms with Gasteiger partial charge >= 0.3 is 0 Å². The van der Waals surface area contributed by atoms with E-state index in [2.05, 4.69) is 5.32 Å². The topological polar surface area (TPSA) is 83.6 Å². The third-order valence-corrected chi connectivity index (χ3v) is 6.13. The second-order valence-corrected chi connectivity index (χ2v) is 9.76. The Balaban J connectivity index is 1.88. The lowest BCUT2D eigenvalue weighted by Gasteiger charge is -2.35. The summed E-state index contributed by atoms with van der Waals surface area (Å²) in [6, 6.07) is 4.97. The fraction of sp³-hybridized carbons (Fsp3) is 0.556. The summed E-state index contributed by atoms with van der Waals surface area (Å²) in [4.78, 5) is 26.7. The Morgan fingerprint density at radius 2 is 2.04 bits per heavy atom. The summed E-state index contributed by atoms with van der Waals surface area (Å²) < 4.78 is 23.4. The van der Waals surface area contributed by atoms with Gasteiger partial charge in [0.2, 0.25) is 5.91 Å². The van der Waals surface area contributed by atoms with Gasteiger partial charge < -0.3 is 10.2 Å². The van der Waals surface area contributed by atoms with Gasteiger partial charge in [0.25, 0.3) is 5.91 Å². The zero-order valence-corrected chi connectivity index (χ0v) is 15.6. The molecule has 25 heavy (non-hydrogen) atoms. The summed E-state index contributed by atoms with van der Waals surface area (Å²) in [5.74, 6) is -0.261. The number of hydrogen-bond acceptors (Lipinski definition) is 4. The van der Waals surface area contributed by atoms with Crippen LogP contribution in [0.1, 0.15) is 49.0 Å². The lowest BCUT2D eigenvalue weighted by atomic mass is 9.86. The van der Waals surface area contributed by atoms with E-state index in [1.54, 1.807) is 17.0 Å². The second-order valence-electron chi connectivity index (χ2n) is 7.58. The molecule has 7 heteroatoms. The summed E-state index contributed by atoms with van der Waals surface area (Å²) in [5, 5.41) is 2.83. The fourth-order valence-corrected chi connectivity index (χ4v) is 4.73. The van der Waals surface area contributed by atoms with Gasteiger partial charge in [-0.15, -0.1) is 0 Å². The van der Waals surface area contributed by atoms with E-state index in [-0.39, 0.29) is 23.6 Å². The molecule has 1 aromatic rings. The van der Waals surface area contributed by atoms with E-state index >= 15 is 0 Å². The molecule has 0 saturated carbocycles. The molecule has 1 saturated heterocycles. The van der Waals surface area contributed by atoms with Gasteiger partial charge in [-0.2, -0.15) is 0 Å². The van der Waals surface area contributed by atoms with Crippen molar-refractivity contribution in [3.8, 4) is 0 Å². The minimum absolute atomic E-state index is 0.00650. The Kier molecular flexibility index (Phi) is 4.39. The third-order valence-electron chi connectivity index (χ3n) is 5.14. The van der Waals surface area contributed by atoms with Gasteiger partial charge in [-0.3, -0.25) is 9.59 Å². The Hall–Kier alpha value is -1.89. The van der Waals surface area contributed by atoms with Crippen LogP contribution in [0.2, 0.25) is 0 Å². The van der Waals surface area contributed by atoms with Crippen molar-refractivity contribution in [2.75, 3.05) is 23.9 Å². The van der Waals surface area contributed by atoms with Gasteiger partial charge in [0.1, 0.15) is 9.84 Å². The first-order valence-corrected chi connectivity index (χ1v) is 10.6. The molecule has 2 aliphatic rings. The molecule has 136 valence electrons. The summed E-state index contributed by atoms with van der Waals surface area (Å²) in [7, 11) is -3.16. The molecule has 3 rings (SSSR count). The van der Waals surface area contributed by atoms with Crippen LogP contribution in [0.3, 0.4) is 0 Å². The molecule has 1 atom stereocenters. The van der Waals surface area contributed by atoms with Crippen LogP contribution in [0, 0.1) is 0 Å². The number of benzene rings is 1. The number of nitrogens with zero attached hydrogens (tertiary/aromatic N) is 1. The first-order valence-electron chi connectivity index (χ1n) is 8.54. The highest BCUT2D eigenvalue weighted by molar-refractivity contribution is 7.90. The van der Waals surface area contributed by atoms with E-state index in [0.717, 1.165) is 18.4 Å². The lowest BCUT2D eigenvalue weighted by Crippen LogP contribution is -2.47. The molecule has 0 aromatic heterocycles. The van der Waals surface area contributed by atoms with Crippen molar-refractivity contribution in [1.29, 1.82) is 0 Å². The summed E-state index contributed by atoms with van der Waals surface area (Å²) in [6.07, 6.45) is 3.71. The van der Waals surface area contributed by atoms with E-state index in [9.17, 15) is 18.0 Å². The normalized spacial score (nSPS) is 22.4. The number of carbonyl (C=O) groups is 2. The number of rotatable bonds is 3. The molecule has 0 bridgehead atoms. The Morgan fingerprint density at radius 3 is 2.72 bits per heavy atom. The molecule has 2 heterocycles. The number of amides is 2. The minimum atomic E-state index is -3.16. The summed E-state index contributed by atoms with van der Waals surface area (Å²) >= 11 is 0. The monoisotopic (exact) mass is 364 g/mol. The highest BCUT2D eigenvalue weighted by Crippen LogP contribution is 2.38. The van der Waals surface area contributed by atoms with Crippen molar-refractivity contribution in [2.24, 2.45) is 0 Å². The van der Waals surface area contributed by atoms with Crippen molar-refractivity contribution in [1.82, 2.24) is 4.90 Å². The van der Waals surface area contributed by atoms with Crippen molar-refractivity contribution in [2.45, 2.75) is 44.6 Å². The maximum Gasteiger partial charge on any atom is 0.254 e. The predicted molar refractivity (Wildman–Crippen MR) is 96.5 cm³/mol. The Labute approximate surface area is 148 Å². The van der Waals surface area contributed by atoms with Gasteiger partial charge in [0, 0.05) is 30.1 Å². The number of nitrogens with one attached hydrogen (secondary N) is 1. The first kappa shape index (κ1) is 17.9. The van der Waals surface area contributed by atoms with Crippen LogP contribution in [0.25, 0.3) is 0 Å². The number of sulfone groups is 1.